The van der Waals surface area contributed by atoms with E-state index < -0.39 is 0 Å². The quantitative estimate of drug-likeness (QED) is 0.664. The van der Waals surface area contributed by atoms with E-state index >= 15 is 0 Å². The summed E-state index contributed by atoms with van der Waals surface area (Å²) in [5.41, 5.74) is 3.38. The number of benzene rings is 1. The van der Waals surface area contributed by atoms with Crippen LogP contribution >= 0.6 is 0 Å². The van der Waals surface area contributed by atoms with Gasteiger partial charge >= 0.3 is 0 Å². The number of aryl methyl sites for hydroxylation is 1. The molecule has 0 N–H and O–H groups in total. The summed E-state index contributed by atoms with van der Waals surface area (Å²) in [6, 6.07) is 4.24. The molecule has 2 aromatic rings. The van der Waals surface area contributed by atoms with Gasteiger partial charge in [-0.2, -0.15) is 0 Å². The lowest BCUT2D eigenvalue weighted by atomic mass is 9.98. The molecule has 1 aromatic carbocycles. The van der Waals surface area contributed by atoms with Crippen LogP contribution in [0.15, 0.2) is 22.9 Å². The first-order valence-electron chi connectivity index (χ1n) is 4.54. The highest BCUT2D eigenvalue weighted by Gasteiger charge is 2.09. The zero-order valence-corrected chi connectivity index (χ0v) is 8.16. The molecule has 0 radical (unpaired) electrons. The minimum atomic E-state index is 0.516. The van der Waals surface area contributed by atoms with E-state index in [1.807, 2.05) is 6.92 Å². The molecule has 2 nitrogen and oxygen atoms in total. The molecule has 0 fully saturated rings. The lowest BCUT2D eigenvalue weighted by Crippen LogP contribution is -1.88. The van der Waals surface area contributed by atoms with Gasteiger partial charge in [-0.05, 0) is 24.0 Å². The van der Waals surface area contributed by atoms with Gasteiger partial charge in [0.1, 0.15) is 0 Å². The van der Waals surface area contributed by atoms with Crippen LogP contribution < -0.4 is 0 Å². The van der Waals surface area contributed by atoms with Crippen LogP contribution in [0.5, 0.6) is 0 Å². The van der Waals surface area contributed by atoms with Crippen LogP contribution in [-0.2, 0) is 0 Å². The molecule has 0 amide bonds. The second kappa shape index (κ2) is 2.87. The molecule has 0 bridgehead atoms. The lowest BCUT2D eigenvalue weighted by Gasteiger charge is -2.06. The van der Waals surface area contributed by atoms with Crippen LogP contribution in [0.3, 0.4) is 0 Å². The predicted octanol–water partition coefficient (Wildman–Crippen LogP) is 3.26. The molecule has 13 heavy (non-hydrogen) atoms. The smallest absolute Gasteiger partial charge is 0.170 e. The van der Waals surface area contributed by atoms with E-state index in [2.05, 4.69) is 31.1 Å². The third kappa shape index (κ3) is 1.22. The Bertz CT molecular complexity index is 429. The maximum Gasteiger partial charge on any atom is 0.170 e. The van der Waals surface area contributed by atoms with Crippen molar-refractivity contribution in [2.75, 3.05) is 0 Å². The SMILES string of the molecule is Cc1ccc(C(C)C)c2cnoc12. The number of aromatic nitrogens is 1. The Morgan fingerprint density at radius 1 is 1.31 bits per heavy atom. The summed E-state index contributed by atoms with van der Waals surface area (Å²) in [5, 5.41) is 4.98. The first kappa shape index (κ1) is 8.30. The highest BCUT2D eigenvalue weighted by atomic mass is 16.5. The average Bonchev–Trinajstić information content (AvgIpc) is 2.53. The topological polar surface area (TPSA) is 26.0 Å². The molecule has 0 saturated heterocycles. The normalized spacial score (nSPS) is 11.4. The van der Waals surface area contributed by atoms with Crippen molar-refractivity contribution in [3.63, 3.8) is 0 Å². The second-order valence-corrected chi connectivity index (χ2v) is 3.69. The monoisotopic (exact) mass is 175 g/mol. The van der Waals surface area contributed by atoms with Gasteiger partial charge in [-0.1, -0.05) is 31.1 Å². The third-order valence-electron chi connectivity index (χ3n) is 2.37. The molecule has 2 rings (SSSR count). The molecule has 68 valence electrons. The van der Waals surface area contributed by atoms with Crippen LogP contribution in [0, 0.1) is 6.92 Å². The molecule has 0 saturated carbocycles. The van der Waals surface area contributed by atoms with Crippen molar-refractivity contribution in [2.45, 2.75) is 26.7 Å². The summed E-state index contributed by atoms with van der Waals surface area (Å²) in [4.78, 5) is 0. The van der Waals surface area contributed by atoms with Crippen LogP contribution in [0.2, 0.25) is 0 Å². The Kier molecular flexibility index (Phi) is 1.83. The molecule has 1 aromatic heterocycles. The molecule has 0 aliphatic rings. The number of nitrogens with zero attached hydrogens (tertiary/aromatic N) is 1. The van der Waals surface area contributed by atoms with Gasteiger partial charge in [0.25, 0.3) is 0 Å². The van der Waals surface area contributed by atoms with Gasteiger partial charge in [-0.3, -0.25) is 0 Å². The summed E-state index contributed by atoms with van der Waals surface area (Å²) >= 11 is 0. The first-order chi connectivity index (χ1) is 6.20. The fourth-order valence-electron chi connectivity index (χ4n) is 1.61. The summed E-state index contributed by atoms with van der Waals surface area (Å²) in [7, 11) is 0. The van der Waals surface area contributed by atoms with E-state index in [1.165, 1.54) is 5.56 Å². The van der Waals surface area contributed by atoms with Crippen molar-refractivity contribution in [2.24, 2.45) is 0 Å². The van der Waals surface area contributed by atoms with Crippen molar-refractivity contribution in [3.8, 4) is 0 Å². The van der Waals surface area contributed by atoms with Gasteiger partial charge < -0.3 is 4.52 Å². The molecule has 0 aliphatic carbocycles. The molecule has 2 heteroatoms. The summed E-state index contributed by atoms with van der Waals surface area (Å²) in [5.74, 6) is 0.516. The second-order valence-electron chi connectivity index (χ2n) is 3.69. The zero-order valence-electron chi connectivity index (χ0n) is 8.16. The van der Waals surface area contributed by atoms with E-state index in [-0.39, 0.29) is 0 Å². The Hall–Kier alpha value is -1.31. The van der Waals surface area contributed by atoms with Crippen LogP contribution in [-0.4, -0.2) is 5.16 Å². The van der Waals surface area contributed by atoms with Crippen molar-refractivity contribution in [1.29, 1.82) is 0 Å². The number of rotatable bonds is 1. The predicted molar refractivity (Wildman–Crippen MR) is 52.8 cm³/mol. The lowest BCUT2D eigenvalue weighted by molar-refractivity contribution is 0.455. The van der Waals surface area contributed by atoms with E-state index in [0.717, 1.165) is 16.5 Å². The zero-order chi connectivity index (χ0) is 9.42. The molecule has 0 spiro atoms. The number of hydrogen-bond acceptors (Lipinski definition) is 2. The summed E-state index contributed by atoms with van der Waals surface area (Å²) in [6.45, 7) is 6.39. The van der Waals surface area contributed by atoms with Gasteiger partial charge in [-0.15, -0.1) is 0 Å². The Morgan fingerprint density at radius 3 is 2.77 bits per heavy atom. The molecule has 0 aliphatic heterocycles. The fourth-order valence-corrected chi connectivity index (χ4v) is 1.61. The van der Waals surface area contributed by atoms with Crippen LogP contribution in [0.4, 0.5) is 0 Å². The van der Waals surface area contributed by atoms with Gasteiger partial charge in [0, 0.05) is 5.39 Å². The minimum Gasteiger partial charge on any atom is -0.356 e. The van der Waals surface area contributed by atoms with Crippen LogP contribution in [0.25, 0.3) is 11.0 Å². The van der Waals surface area contributed by atoms with Gasteiger partial charge in [0.2, 0.25) is 0 Å². The third-order valence-corrected chi connectivity index (χ3v) is 2.37. The molecular formula is C11H13NO. The van der Waals surface area contributed by atoms with Crippen molar-refractivity contribution >= 4 is 11.0 Å². The standard InChI is InChI=1S/C11H13NO/c1-7(2)9-5-4-8(3)11-10(9)6-12-13-11/h4-7H,1-3H3. The highest BCUT2D eigenvalue weighted by Crippen LogP contribution is 2.27. The maximum atomic E-state index is 5.19. The Labute approximate surface area is 77.5 Å². The molecule has 0 atom stereocenters. The van der Waals surface area contributed by atoms with Crippen molar-refractivity contribution in [3.05, 3.63) is 29.5 Å². The Morgan fingerprint density at radius 2 is 2.08 bits per heavy atom. The van der Waals surface area contributed by atoms with Gasteiger partial charge in [0.15, 0.2) is 5.58 Å². The van der Waals surface area contributed by atoms with E-state index in [0.29, 0.717) is 5.92 Å². The van der Waals surface area contributed by atoms with Gasteiger partial charge in [0.05, 0.1) is 6.20 Å². The van der Waals surface area contributed by atoms with Crippen molar-refractivity contribution in [1.82, 2.24) is 5.16 Å². The largest absolute Gasteiger partial charge is 0.356 e. The average molecular weight is 175 g/mol. The first-order valence-corrected chi connectivity index (χ1v) is 4.54. The summed E-state index contributed by atoms with van der Waals surface area (Å²) in [6.07, 6.45) is 1.80. The van der Waals surface area contributed by atoms with Gasteiger partial charge in [-0.25, -0.2) is 0 Å². The minimum absolute atomic E-state index is 0.516. The number of hydrogen-bond donors (Lipinski definition) is 0. The Balaban J connectivity index is 2.78. The van der Waals surface area contributed by atoms with E-state index in [9.17, 15) is 0 Å². The highest BCUT2D eigenvalue weighted by molar-refractivity contribution is 5.83. The molecular weight excluding hydrogens is 162 g/mol. The van der Waals surface area contributed by atoms with E-state index in [4.69, 9.17) is 4.52 Å². The molecule has 0 unspecified atom stereocenters. The number of fused-ring (bicyclic) bond motifs is 1. The van der Waals surface area contributed by atoms with Crippen LogP contribution in [0.1, 0.15) is 30.9 Å². The maximum absolute atomic E-state index is 5.19. The van der Waals surface area contributed by atoms with E-state index in [1.54, 1.807) is 6.20 Å². The molecule has 1 heterocycles. The fraction of sp³-hybridized carbons (Fsp3) is 0.364. The summed E-state index contributed by atoms with van der Waals surface area (Å²) < 4.78 is 5.19. The van der Waals surface area contributed by atoms with Crippen molar-refractivity contribution < 1.29 is 4.52 Å².